The van der Waals surface area contributed by atoms with Crippen molar-refractivity contribution >= 4 is 11.8 Å². The average Bonchev–Trinajstić information content (AvgIpc) is 3.24. The summed E-state index contributed by atoms with van der Waals surface area (Å²) in [5.41, 5.74) is 1.18. The van der Waals surface area contributed by atoms with E-state index in [4.69, 9.17) is 4.74 Å². The SMILES string of the molecule is CCC(O)C12CCC3C4(C)CCC(OC5=CC(C)(C(=O)O)C5)C(C)(C)[C@@](C)(CCCCC3(C)C1=C(C(C)C)C(=O)C2)CC4. The van der Waals surface area contributed by atoms with Gasteiger partial charge in [-0.3, -0.25) is 9.59 Å². The number of ether oxygens (including phenoxy) is 1. The molecule has 0 amide bonds. The van der Waals surface area contributed by atoms with Gasteiger partial charge < -0.3 is 14.9 Å². The molecular weight excluding hydrogens is 536 g/mol. The fourth-order valence-corrected chi connectivity index (χ4v) is 11.0. The Balaban J connectivity index is 1.58. The first-order chi connectivity index (χ1) is 19.9. The van der Waals surface area contributed by atoms with Gasteiger partial charge in [-0.05, 0) is 110 Å². The summed E-state index contributed by atoms with van der Waals surface area (Å²) < 4.78 is 6.82. The quantitative estimate of drug-likeness (QED) is 0.320. The molecule has 0 heterocycles. The molecule has 5 aliphatic rings. The number of carbonyl (C=O) groups is 2. The number of hydrogen-bond donors (Lipinski definition) is 2. The zero-order valence-corrected chi connectivity index (χ0v) is 28.7. The molecule has 0 saturated heterocycles. The van der Waals surface area contributed by atoms with Crippen molar-refractivity contribution in [3.05, 3.63) is 23.0 Å². The van der Waals surface area contributed by atoms with Gasteiger partial charge in [0.15, 0.2) is 5.78 Å². The number of fused-ring (bicyclic) bond motifs is 7. The summed E-state index contributed by atoms with van der Waals surface area (Å²) in [6.45, 7) is 20.5. The van der Waals surface area contributed by atoms with Crippen LogP contribution in [-0.4, -0.2) is 34.2 Å². The monoisotopic (exact) mass is 596 g/mol. The number of hydrogen-bond acceptors (Lipinski definition) is 4. The molecule has 7 unspecified atom stereocenters. The highest BCUT2D eigenvalue weighted by molar-refractivity contribution is 6.01. The third-order valence-corrected chi connectivity index (χ3v) is 14.3. The predicted octanol–water partition coefficient (Wildman–Crippen LogP) is 9.04. The van der Waals surface area contributed by atoms with Crippen molar-refractivity contribution in [3.63, 3.8) is 0 Å². The molecular formula is C38H60O5. The minimum Gasteiger partial charge on any atom is -0.494 e. The highest BCUT2D eigenvalue weighted by atomic mass is 16.5. The van der Waals surface area contributed by atoms with E-state index >= 15 is 0 Å². The predicted molar refractivity (Wildman–Crippen MR) is 171 cm³/mol. The number of rotatable bonds is 6. The zero-order valence-electron chi connectivity index (χ0n) is 28.7. The summed E-state index contributed by atoms with van der Waals surface area (Å²) in [4.78, 5) is 25.6. The van der Waals surface area contributed by atoms with Gasteiger partial charge in [-0.15, -0.1) is 0 Å². The van der Waals surface area contributed by atoms with Crippen LogP contribution in [0.2, 0.25) is 0 Å². The molecule has 0 aromatic carbocycles. The van der Waals surface area contributed by atoms with Gasteiger partial charge in [0.2, 0.25) is 0 Å². The molecule has 0 radical (unpaired) electrons. The van der Waals surface area contributed by atoms with Crippen LogP contribution in [0.3, 0.4) is 0 Å². The number of aliphatic hydroxyl groups excluding tert-OH is 1. The number of carboxylic acid groups (broad SMARTS) is 1. The largest absolute Gasteiger partial charge is 0.494 e. The van der Waals surface area contributed by atoms with Gasteiger partial charge in [0.05, 0.1) is 17.3 Å². The lowest BCUT2D eigenvalue weighted by atomic mass is 9.44. The molecule has 5 rings (SSSR count). The lowest BCUT2D eigenvalue weighted by Crippen LogP contribution is -2.55. The molecule has 242 valence electrons. The van der Waals surface area contributed by atoms with Crippen LogP contribution in [0.25, 0.3) is 0 Å². The minimum atomic E-state index is -0.820. The van der Waals surface area contributed by atoms with Crippen molar-refractivity contribution in [2.45, 2.75) is 158 Å². The van der Waals surface area contributed by atoms with Crippen LogP contribution < -0.4 is 0 Å². The Hall–Kier alpha value is -1.62. The summed E-state index contributed by atoms with van der Waals surface area (Å²) in [7, 11) is 0. The Kier molecular flexibility index (Phi) is 8.18. The van der Waals surface area contributed by atoms with Gasteiger partial charge in [0, 0.05) is 23.7 Å². The molecule has 5 heteroatoms. The third-order valence-electron chi connectivity index (χ3n) is 14.3. The molecule has 3 fully saturated rings. The summed E-state index contributed by atoms with van der Waals surface area (Å²) in [6, 6.07) is 0. The Bertz CT molecular complexity index is 1210. The topological polar surface area (TPSA) is 83.8 Å². The maximum atomic E-state index is 13.8. The normalized spacial score (nSPS) is 43.6. The van der Waals surface area contributed by atoms with Crippen molar-refractivity contribution < 1.29 is 24.5 Å². The van der Waals surface area contributed by atoms with Gasteiger partial charge in [0.1, 0.15) is 6.10 Å². The average molecular weight is 597 g/mol. The van der Waals surface area contributed by atoms with E-state index in [1.807, 2.05) is 6.08 Å². The third kappa shape index (κ3) is 4.88. The number of ketones is 1. The molecule has 0 aliphatic heterocycles. The van der Waals surface area contributed by atoms with Gasteiger partial charge >= 0.3 is 5.97 Å². The molecule has 8 atom stereocenters. The number of allylic oxidation sites excluding steroid dienone is 2. The Morgan fingerprint density at radius 1 is 0.953 bits per heavy atom. The second-order valence-electron chi connectivity index (χ2n) is 17.4. The van der Waals surface area contributed by atoms with E-state index in [1.165, 1.54) is 12.0 Å². The van der Waals surface area contributed by atoms with Gasteiger partial charge in [-0.25, -0.2) is 0 Å². The van der Waals surface area contributed by atoms with Crippen LogP contribution in [0, 0.1) is 44.3 Å². The summed E-state index contributed by atoms with van der Waals surface area (Å²) >= 11 is 0. The fourth-order valence-electron chi connectivity index (χ4n) is 11.0. The highest BCUT2D eigenvalue weighted by Gasteiger charge is 2.63. The molecule has 43 heavy (non-hydrogen) atoms. The standard InChI is InChI=1S/C38H60O5/c1-10-28(40)38-18-13-27-34(6)17-14-29(43-25-21-35(7,22-25)32(41)42)33(4,5)36(8,20-19-34)15-11-12-16-37(27,9)31(38)30(24(2)3)26(39)23-38/h21,24,27-29,40H,10-20,22-23H2,1-9H3,(H,41,42)/t27?,28?,29?,34?,35?,36-,37?,38?/m0/s1. The zero-order chi connectivity index (χ0) is 31.8. The van der Waals surface area contributed by atoms with Gasteiger partial charge in [0.25, 0.3) is 0 Å². The Morgan fingerprint density at radius 3 is 2.21 bits per heavy atom. The van der Waals surface area contributed by atoms with Crippen molar-refractivity contribution in [1.29, 1.82) is 0 Å². The van der Waals surface area contributed by atoms with Crippen LogP contribution >= 0.6 is 0 Å². The van der Waals surface area contributed by atoms with E-state index in [-0.39, 0.29) is 39.5 Å². The summed E-state index contributed by atoms with van der Waals surface area (Å²) in [5.74, 6) is 0.950. The van der Waals surface area contributed by atoms with E-state index in [0.717, 1.165) is 69.1 Å². The first-order valence-electron chi connectivity index (χ1n) is 17.5. The van der Waals surface area contributed by atoms with Crippen molar-refractivity contribution in [1.82, 2.24) is 0 Å². The number of carboxylic acids is 1. The summed E-state index contributed by atoms with van der Waals surface area (Å²) in [6.07, 6.45) is 13.8. The van der Waals surface area contributed by atoms with Crippen LogP contribution in [0.5, 0.6) is 0 Å². The molecule has 2 N–H and O–H groups in total. The second kappa shape index (κ2) is 10.7. The molecule has 0 aromatic rings. The highest BCUT2D eigenvalue weighted by Crippen LogP contribution is 2.69. The molecule has 3 saturated carbocycles. The Labute approximate surface area is 261 Å². The van der Waals surface area contributed by atoms with Crippen LogP contribution in [0.1, 0.15) is 146 Å². The second-order valence-corrected chi connectivity index (χ2v) is 17.4. The molecule has 0 aromatic heterocycles. The van der Waals surface area contributed by atoms with Gasteiger partial charge in [-0.2, -0.15) is 0 Å². The van der Waals surface area contributed by atoms with Crippen LogP contribution in [0.4, 0.5) is 0 Å². The van der Waals surface area contributed by atoms with Gasteiger partial charge in [-0.1, -0.05) is 68.2 Å². The van der Waals surface area contributed by atoms with Crippen molar-refractivity contribution in [2.24, 2.45) is 44.3 Å². The molecule has 5 nitrogen and oxygen atoms in total. The maximum absolute atomic E-state index is 13.8. The van der Waals surface area contributed by atoms with Crippen LogP contribution in [0.15, 0.2) is 23.0 Å². The number of Topliss-reactive ketones (excluding diaryl/α,β-unsaturated/α-hetero) is 1. The smallest absolute Gasteiger partial charge is 0.313 e. The van der Waals surface area contributed by atoms with E-state index in [1.54, 1.807) is 6.92 Å². The number of aliphatic hydroxyl groups is 1. The van der Waals surface area contributed by atoms with Crippen molar-refractivity contribution in [2.75, 3.05) is 0 Å². The fraction of sp³-hybridized carbons (Fsp3) is 0.842. The Morgan fingerprint density at radius 2 is 1.60 bits per heavy atom. The van der Waals surface area contributed by atoms with E-state index in [2.05, 4.69) is 55.4 Å². The first-order valence-corrected chi connectivity index (χ1v) is 17.5. The van der Waals surface area contributed by atoms with E-state index in [9.17, 15) is 19.8 Å². The maximum Gasteiger partial charge on any atom is 0.313 e. The molecule has 2 bridgehead atoms. The van der Waals surface area contributed by atoms with Crippen molar-refractivity contribution in [3.8, 4) is 0 Å². The molecule has 5 aliphatic carbocycles. The van der Waals surface area contributed by atoms with Crippen LogP contribution in [-0.2, 0) is 14.3 Å². The van der Waals surface area contributed by atoms with E-state index < -0.39 is 22.9 Å². The lowest BCUT2D eigenvalue weighted by Gasteiger charge is -2.61. The molecule has 0 spiro atoms. The number of aliphatic carboxylic acids is 1. The number of carbonyl (C=O) groups excluding carboxylic acids is 1. The summed E-state index contributed by atoms with van der Waals surface area (Å²) in [5, 5.41) is 21.3. The minimum absolute atomic E-state index is 0.0236. The first kappa shape index (κ1) is 32.8. The van der Waals surface area contributed by atoms with E-state index in [0.29, 0.717) is 25.2 Å². The lowest BCUT2D eigenvalue weighted by molar-refractivity contribution is -0.150.